The Morgan fingerprint density at radius 1 is 1.20 bits per heavy atom. The highest BCUT2D eigenvalue weighted by Gasteiger charge is 2.61. The lowest BCUT2D eigenvalue weighted by Crippen LogP contribution is -2.57. The molecular formula is C17H27N3. The lowest BCUT2D eigenvalue weighted by Gasteiger charge is -2.64. The fourth-order valence-corrected chi connectivity index (χ4v) is 6.62. The van der Waals surface area contributed by atoms with Gasteiger partial charge in [0.25, 0.3) is 0 Å². The van der Waals surface area contributed by atoms with Crippen LogP contribution < -0.4 is 5.32 Å². The molecule has 2 unspecified atom stereocenters. The van der Waals surface area contributed by atoms with Crippen LogP contribution in [0.15, 0.2) is 6.20 Å². The van der Waals surface area contributed by atoms with Crippen molar-refractivity contribution < 1.29 is 0 Å². The molecule has 0 aliphatic heterocycles. The molecule has 4 fully saturated rings. The predicted molar refractivity (Wildman–Crippen MR) is 80.4 cm³/mol. The number of aromatic amines is 1. The first kappa shape index (κ1) is 12.9. The SMILES string of the molecule is CNCc1cnc(C23CC4CC(C)(CC(C)(C4)C2)C3)[nH]1. The van der Waals surface area contributed by atoms with Crippen LogP contribution in [0.3, 0.4) is 0 Å². The molecule has 4 aliphatic carbocycles. The molecule has 110 valence electrons. The molecular weight excluding hydrogens is 246 g/mol. The Kier molecular flexibility index (Phi) is 2.50. The molecule has 20 heavy (non-hydrogen) atoms. The lowest BCUT2D eigenvalue weighted by molar-refractivity contribution is -0.112. The summed E-state index contributed by atoms with van der Waals surface area (Å²) < 4.78 is 0. The van der Waals surface area contributed by atoms with Gasteiger partial charge in [-0.2, -0.15) is 0 Å². The second-order valence-corrected chi connectivity index (χ2v) is 8.70. The van der Waals surface area contributed by atoms with E-state index in [9.17, 15) is 0 Å². The summed E-state index contributed by atoms with van der Waals surface area (Å²) in [6.45, 7) is 5.95. The van der Waals surface area contributed by atoms with Gasteiger partial charge in [0.2, 0.25) is 0 Å². The van der Waals surface area contributed by atoms with Crippen molar-refractivity contribution in [1.82, 2.24) is 15.3 Å². The van der Waals surface area contributed by atoms with E-state index < -0.39 is 0 Å². The van der Waals surface area contributed by atoms with Crippen molar-refractivity contribution in [3.63, 3.8) is 0 Å². The summed E-state index contributed by atoms with van der Waals surface area (Å²) in [5.74, 6) is 2.21. The highest BCUT2D eigenvalue weighted by atomic mass is 15.0. The summed E-state index contributed by atoms with van der Waals surface area (Å²) in [6, 6.07) is 0. The molecule has 1 heterocycles. The first-order chi connectivity index (χ1) is 9.44. The normalized spacial score (nSPS) is 46.0. The van der Waals surface area contributed by atoms with E-state index in [0.717, 1.165) is 12.5 Å². The predicted octanol–water partition coefficient (Wildman–Crippen LogP) is 3.38. The third-order valence-electron chi connectivity index (χ3n) is 6.12. The summed E-state index contributed by atoms with van der Waals surface area (Å²) in [7, 11) is 1.99. The minimum absolute atomic E-state index is 0.342. The third kappa shape index (κ3) is 1.78. The fourth-order valence-electron chi connectivity index (χ4n) is 6.62. The minimum atomic E-state index is 0.342. The molecule has 1 aromatic heterocycles. The molecule has 0 spiro atoms. The number of hydrogen-bond donors (Lipinski definition) is 2. The van der Waals surface area contributed by atoms with Crippen molar-refractivity contribution in [2.24, 2.45) is 16.7 Å². The summed E-state index contributed by atoms with van der Waals surface area (Å²) in [6.07, 6.45) is 10.4. The smallest absolute Gasteiger partial charge is 0.112 e. The average molecular weight is 273 g/mol. The second-order valence-electron chi connectivity index (χ2n) is 8.70. The third-order valence-corrected chi connectivity index (χ3v) is 6.12. The zero-order valence-corrected chi connectivity index (χ0v) is 13.1. The molecule has 0 radical (unpaired) electrons. The number of imidazole rings is 1. The highest BCUT2D eigenvalue weighted by molar-refractivity contribution is 5.23. The zero-order chi connectivity index (χ0) is 14.0. The number of hydrogen-bond acceptors (Lipinski definition) is 2. The Hall–Kier alpha value is -0.830. The monoisotopic (exact) mass is 273 g/mol. The Morgan fingerprint density at radius 3 is 2.50 bits per heavy atom. The maximum Gasteiger partial charge on any atom is 0.112 e. The molecule has 2 atom stereocenters. The first-order valence-electron chi connectivity index (χ1n) is 8.13. The molecule has 0 aromatic carbocycles. The van der Waals surface area contributed by atoms with Gasteiger partial charge in [0.1, 0.15) is 5.82 Å². The van der Waals surface area contributed by atoms with Crippen molar-refractivity contribution in [2.45, 2.75) is 64.3 Å². The van der Waals surface area contributed by atoms with E-state index >= 15 is 0 Å². The van der Waals surface area contributed by atoms with Gasteiger partial charge in [0, 0.05) is 23.9 Å². The van der Waals surface area contributed by atoms with E-state index in [0.29, 0.717) is 16.2 Å². The van der Waals surface area contributed by atoms with E-state index in [4.69, 9.17) is 4.98 Å². The average Bonchev–Trinajstić information content (AvgIpc) is 2.73. The van der Waals surface area contributed by atoms with Crippen LogP contribution in [-0.2, 0) is 12.0 Å². The fraction of sp³-hybridized carbons (Fsp3) is 0.824. The summed E-state index contributed by atoms with van der Waals surface area (Å²) in [5, 5.41) is 3.21. The number of H-pyrrole nitrogens is 1. The van der Waals surface area contributed by atoms with E-state index in [1.807, 2.05) is 13.2 Å². The maximum atomic E-state index is 4.79. The van der Waals surface area contributed by atoms with E-state index in [-0.39, 0.29) is 0 Å². The van der Waals surface area contributed by atoms with Gasteiger partial charge in [-0.25, -0.2) is 4.98 Å². The number of nitrogens with one attached hydrogen (secondary N) is 2. The van der Waals surface area contributed by atoms with Crippen molar-refractivity contribution in [1.29, 1.82) is 0 Å². The topological polar surface area (TPSA) is 40.7 Å². The maximum absolute atomic E-state index is 4.79. The van der Waals surface area contributed by atoms with Gasteiger partial charge in [-0.05, 0) is 62.3 Å². The van der Waals surface area contributed by atoms with Crippen LogP contribution in [-0.4, -0.2) is 17.0 Å². The number of aromatic nitrogens is 2. The van der Waals surface area contributed by atoms with E-state index in [2.05, 4.69) is 24.1 Å². The molecule has 2 N–H and O–H groups in total. The van der Waals surface area contributed by atoms with E-state index in [1.54, 1.807) is 0 Å². The van der Waals surface area contributed by atoms with Crippen molar-refractivity contribution >= 4 is 0 Å². The van der Waals surface area contributed by atoms with Crippen LogP contribution >= 0.6 is 0 Å². The summed E-state index contributed by atoms with van der Waals surface area (Å²) in [5.41, 5.74) is 2.69. The van der Waals surface area contributed by atoms with Crippen LogP contribution in [0.25, 0.3) is 0 Å². The van der Waals surface area contributed by atoms with E-state index in [1.165, 1.54) is 50.0 Å². The Labute approximate surface area is 122 Å². The van der Waals surface area contributed by atoms with Gasteiger partial charge in [-0.1, -0.05) is 13.8 Å². The molecule has 3 nitrogen and oxygen atoms in total. The van der Waals surface area contributed by atoms with Crippen molar-refractivity contribution in [3.8, 4) is 0 Å². The molecule has 4 aliphatic rings. The van der Waals surface area contributed by atoms with Crippen LogP contribution in [0.4, 0.5) is 0 Å². The molecule has 1 aromatic rings. The van der Waals surface area contributed by atoms with Crippen LogP contribution in [0.1, 0.15) is 63.9 Å². The van der Waals surface area contributed by atoms with Gasteiger partial charge in [0.05, 0.1) is 0 Å². The second kappa shape index (κ2) is 3.88. The molecule has 4 saturated carbocycles. The largest absolute Gasteiger partial charge is 0.344 e. The van der Waals surface area contributed by atoms with Gasteiger partial charge >= 0.3 is 0 Å². The van der Waals surface area contributed by atoms with Crippen LogP contribution in [0, 0.1) is 16.7 Å². The molecule has 5 rings (SSSR count). The zero-order valence-electron chi connectivity index (χ0n) is 13.1. The Morgan fingerprint density at radius 2 is 1.90 bits per heavy atom. The number of nitrogens with zero attached hydrogens (tertiary/aromatic N) is 1. The van der Waals surface area contributed by atoms with Gasteiger partial charge in [-0.3, -0.25) is 0 Å². The molecule has 0 amide bonds. The Bertz CT molecular complexity index is 514. The van der Waals surface area contributed by atoms with Crippen molar-refractivity contribution in [3.05, 3.63) is 17.7 Å². The Balaban J connectivity index is 1.72. The van der Waals surface area contributed by atoms with Gasteiger partial charge in [0.15, 0.2) is 0 Å². The first-order valence-corrected chi connectivity index (χ1v) is 8.13. The quantitative estimate of drug-likeness (QED) is 0.886. The minimum Gasteiger partial charge on any atom is -0.344 e. The summed E-state index contributed by atoms with van der Waals surface area (Å²) in [4.78, 5) is 8.42. The molecule has 3 heteroatoms. The lowest BCUT2D eigenvalue weighted by atomic mass is 9.40. The van der Waals surface area contributed by atoms with Crippen LogP contribution in [0.5, 0.6) is 0 Å². The molecule has 4 bridgehead atoms. The van der Waals surface area contributed by atoms with Crippen LogP contribution in [0.2, 0.25) is 0 Å². The van der Waals surface area contributed by atoms with Gasteiger partial charge in [-0.15, -0.1) is 0 Å². The van der Waals surface area contributed by atoms with Crippen molar-refractivity contribution in [2.75, 3.05) is 7.05 Å². The van der Waals surface area contributed by atoms with Gasteiger partial charge < -0.3 is 10.3 Å². The number of rotatable bonds is 3. The molecule has 0 saturated heterocycles. The standard InChI is InChI=1S/C17H27N3/c1-15-4-12-5-16(2,9-15)11-17(6-12,10-15)14-19-8-13(20-14)7-18-3/h8,12,18H,4-7,9-11H2,1-3H3,(H,19,20). The highest BCUT2D eigenvalue weighted by Crippen LogP contribution is 2.69. The summed E-state index contributed by atoms with van der Waals surface area (Å²) >= 11 is 0.